The molecular weight excluding hydrogens is 286 g/mol. The van der Waals surface area contributed by atoms with Crippen molar-refractivity contribution in [1.29, 1.82) is 0 Å². The van der Waals surface area contributed by atoms with Gasteiger partial charge in [-0.1, -0.05) is 44.2 Å². The number of carbonyl (C=O) groups excluding carboxylic acids is 1. The Kier molecular flexibility index (Phi) is 5.26. The molecule has 0 saturated heterocycles. The van der Waals surface area contributed by atoms with Crippen LogP contribution >= 0.6 is 0 Å². The molecule has 0 radical (unpaired) electrons. The molecule has 0 aliphatic heterocycles. The number of hydrogen-bond acceptors (Lipinski definition) is 2. The summed E-state index contributed by atoms with van der Waals surface area (Å²) in [6.07, 6.45) is 0. The summed E-state index contributed by atoms with van der Waals surface area (Å²) in [5, 5.41) is 0. The summed E-state index contributed by atoms with van der Waals surface area (Å²) in [6, 6.07) is 15.4. The fourth-order valence-corrected chi connectivity index (χ4v) is 2.48. The Morgan fingerprint density at radius 1 is 0.955 bits per heavy atom. The number of carbonyl (C=O) groups is 1. The number of hydrogen-bond donors (Lipinski definition) is 0. The topological polar surface area (TPSA) is 26.3 Å². The lowest BCUT2D eigenvalue weighted by Crippen LogP contribution is -2.18. The molecule has 2 aromatic carbocycles. The molecule has 0 aliphatic carbocycles. The molecule has 22 heavy (non-hydrogen) atoms. The van der Waals surface area contributed by atoms with Crippen molar-refractivity contribution in [1.82, 2.24) is 0 Å². The predicted octanol–water partition coefficient (Wildman–Crippen LogP) is 4.91. The second kappa shape index (κ2) is 7.16. The molecule has 0 heterocycles. The van der Waals surface area contributed by atoms with Gasteiger partial charge in [-0.25, -0.2) is 0 Å². The highest BCUT2D eigenvalue weighted by Crippen LogP contribution is 2.29. The Labute approximate surface area is 128 Å². The molecule has 0 saturated carbocycles. The van der Waals surface area contributed by atoms with Crippen molar-refractivity contribution in [3.63, 3.8) is 0 Å². The molecule has 0 aliphatic rings. The normalized spacial score (nSPS) is 12.5. The van der Waals surface area contributed by atoms with Crippen LogP contribution in [0.2, 0.25) is 0 Å². The van der Waals surface area contributed by atoms with Crippen LogP contribution in [0.25, 0.3) is 0 Å². The molecule has 1 unspecified atom stereocenters. The Morgan fingerprint density at radius 3 is 2.05 bits per heavy atom. The van der Waals surface area contributed by atoms with Crippen LogP contribution in [-0.4, -0.2) is 12.4 Å². The number of ether oxygens (including phenoxy) is 1. The molecular formula is C18H18F2O2. The van der Waals surface area contributed by atoms with Gasteiger partial charge in [-0.05, 0) is 35.7 Å². The highest BCUT2D eigenvalue weighted by molar-refractivity contribution is 6.01. The molecule has 0 N–H and O–H groups in total. The van der Waals surface area contributed by atoms with Crippen molar-refractivity contribution in [2.24, 2.45) is 5.92 Å². The largest absolute Gasteiger partial charge is 0.435 e. The smallest absolute Gasteiger partial charge is 0.387 e. The van der Waals surface area contributed by atoms with Gasteiger partial charge in [-0.3, -0.25) is 4.79 Å². The third-order valence-corrected chi connectivity index (χ3v) is 3.47. The first kappa shape index (κ1) is 16.1. The van der Waals surface area contributed by atoms with E-state index >= 15 is 0 Å². The predicted molar refractivity (Wildman–Crippen MR) is 81.4 cm³/mol. The van der Waals surface area contributed by atoms with Crippen LogP contribution < -0.4 is 4.74 Å². The summed E-state index contributed by atoms with van der Waals surface area (Å²) in [5.74, 6) is -0.105. The van der Waals surface area contributed by atoms with Crippen LogP contribution in [0.15, 0.2) is 54.6 Å². The third-order valence-electron chi connectivity index (χ3n) is 3.47. The van der Waals surface area contributed by atoms with E-state index in [-0.39, 0.29) is 23.4 Å². The first-order chi connectivity index (χ1) is 10.5. The van der Waals surface area contributed by atoms with Gasteiger partial charge in [0.2, 0.25) is 0 Å². The zero-order valence-corrected chi connectivity index (χ0v) is 12.5. The zero-order valence-electron chi connectivity index (χ0n) is 12.5. The fraction of sp³-hybridized carbons (Fsp3) is 0.278. The average molecular weight is 304 g/mol. The van der Waals surface area contributed by atoms with Gasteiger partial charge in [-0.2, -0.15) is 8.78 Å². The minimum Gasteiger partial charge on any atom is -0.435 e. The van der Waals surface area contributed by atoms with E-state index in [2.05, 4.69) is 4.74 Å². The molecule has 2 rings (SSSR count). The first-order valence-corrected chi connectivity index (χ1v) is 7.13. The summed E-state index contributed by atoms with van der Waals surface area (Å²) >= 11 is 0. The van der Waals surface area contributed by atoms with Crippen LogP contribution in [0.1, 0.15) is 35.7 Å². The van der Waals surface area contributed by atoms with E-state index in [1.54, 1.807) is 0 Å². The van der Waals surface area contributed by atoms with Crippen LogP contribution in [0.5, 0.6) is 5.75 Å². The van der Waals surface area contributed by atoms with Crippen molar-refractivity contribution in [2.75, 3.05) is 0 Å². The number of halogens is 2. The minimum atomic E-state index is -2.87. The highest BCUT2D eigenvalue weighted by Gasteiger charge is 2.25. The Morgan fingerprint density at radius 2 is 1.55 bits per heavy atom. The molecule has 0 aromatic heterocycles. The Hall–Kier alpha value is -2.23. The summed E-state index contributed by atoms with van der Waals surface area (Å²) in [5.41, 5.74) is 1.44. The van der Waals surface area contributed by atoms with Gasteiger partial charge in [0.25, 0.3) is 0 Å². The second-order valence-electron chi connectivity index (χ2n) is 5.40. The van der Waals surface area contributed by atoms with Crippen LogP contribution in [0.4, 0.5) is 8.78 Å². The van der Waals surface area contributed by atoms with Gasteiger partial charge in [-0.15, -0.1) is 0 Å². The SMILES string of the molecule is CC(C)C(C(=O)c1ccc(OC(F)F)cc1)c1ccccc1. The molecule has 0 bridgehead atoms. The van der Waals surface area contributed by atoms with Crippen molar-refractivity contribution in [3.05, 3.63) is 65.7 Å². The second-order valence-corrected chi connectivity index (χ2v) is 5.40. The summed E-state index contributed by atoms with van der Waals surface area (Å²) in [7, 11) is 0. The average Bonchev–Trinajstić information content (AvgIpc) is 2.48. The van der Waals surface area contributed by atoms with Crippen LogP contribution in [0, 0.1) is 5.92 Å². The quantitative estimate of drug-likeness (QED) is 0.709. The van der Waals surface area contributed by atoms with Crippen molar-refractivity contribution in [2.45, 2.75) is 26.4 Å². The fourth-order valence-electron chi connectivity index (χ4n) is 2.48. The first-order valence-electron chi connectivity index (χ1n) is 7.13. The van der Waals surface area contributed by atoms with E-state index in [1.165, 1.54) is 24.3 Å². The van der Waals surface area contributed by atoms with E-state index in [0.29, 0.717) is 5.56 Å². The maximum Gasteiger partial charge on any atom is 0.387 e. The molecule has 0 fully saturated rings. The number of alkyl halides is 2. The number of rotatable bonds is 6. The van der Waals surface area contributed by atoms with E-state index in [9.17, 15) is 13.6 Å². The lowest BCUT2D eigenvalue weighted by molar-refractivity contribution is -0.0498. The number of benzene rings is 2. The number of Topliss-reactive ketones (excluding diaryl/α,β-unsaturated/α-hetero) is 1. The highest BCUT2D eigenvalue weighted by atomic mass is 19.3. The lowest BCUT2D eigenvalue weighted by atomic mass is 9.82. The molecule has 0 amide bonds. The zero-order chi connectivity index (χ0) is 16.1. The van der Waals surface area contributed by atoms with Gasteiger partial charge in [0.15, 0.2) is 5.78 Å². The summed E-state index contributed by atoms with van der Waals surface area (Å²) in [4.78, 5) is 12.7. The van der Waals surface area contributed by atoms with Gasteiger partial charge in [0, 0.05) is 11.5 Å². The van der Waals surface area contributed by atoms with E-state index < -0.39 is 6.61 Å². The minimum absolute atomic E-state index is 0.0233. The monoisotopic (exact) mass is 304 g/mol. The van der Waals surface area contributed by atoms with Crippen molar-refractivity contribution < 1.29 is 18.3 Å². The molecule has 2 nitrogen and oxygen atoms in total. The number of ketones is 1. The molecule has 116 valence electrons. The van der Waals surface area contributed by atoms with Crippen molar-refractivity contribution in [3.8, 4) is 5.75 Å². The maximum atomic E-state index is 12.7. The summed E-state index contributed by atoms with van der Waals surface area (Å²) < 4.78 is 28.6. The summed E-state index contributed by atoms with van der Waals surface area (Å²) in [6.45, 7) is 1.11. The molecule has 2 aromatic rings. The van der Waals surface area contributed by atoms with Crippen molar-refractivity contribution >= 4 is 5.78 Å². The van der Waals surface area contributed by atoms with Crippen LogP contribution in [0.3, 0.4) is 0 Å². The maximum absolute atomic E-state index is 12.7. The van der Waals surface area contributed by atoms with E-state index in [0.717, 1.165) is 5.56 Å². The van der Waals surface area contributed by atoms with Gasteiger partial charge >= 0.3 is 6.61 Å². The van der Waals surface area contributed by atoms with Gasteiger partial charge < -0.3 is 4.74 Å². The van der Waals surface area contributed by atoms with E-state index in [4.69, 9.17) is 0 Å². The van der Waals surface area contributed by atoms with Gasteiger partial charge in [0.05, 0.1) is 0 Å². The Balaban J connectivity index is 2.24. The standard InChI is InChI=1S/C18H18F2O2/c1-12(2)16(13-6-4-3-5-7-13)17(21)14-8-10-15(11-9-14)22-18(19)20/h3-12,16,18H,1-2H3. The third kappa shape index (κ3) is 3.91. The lowest BCUT2D eigenvalue weighted by Gasteiger charge is -2.20. The van der Waals surface area contributed by atoms with E-state index in [1.807, 2.05) is 44.2 Å². The van der Waals surface area contributed by atoms with Crippen LogP contribution in [-0.2, 0) is 0 Å². The molecule has 0 spiro atoms. The Bertz CT molecular complexity index is 607. The molecule has 4 heteroatoms. The molecule has 1 atom stereocenters. The van der Waals surface area contributed by atoms with Gasteiger partial charge in [0.1, 0.15) is 5.75 Å².